The first-order chi connectivity index (χ1) is 5.38. The number of allylic oxidation sites excluding steroid dienone is 2. The summed E-state index contributed by atoms with van der Waals surface area (Å²) < 4.78 is 10.4. The Bertz CT molecular complexity index is 128. The molecular formula is C9H16O2. The Morgan fingerprint density at radius 2 is 2.00 bits per heavy atom. The molecule has 1 rings (SSSR count). The van der Waals surface area contributed by atoms with E-state index in [1.165, 1.54) is 6.42 Å². The van der Waals surface area contributed by atoms with Crippen molar-refractivity contribution in [3.05, 3.63) is 12.2 Å². The first-order valence-electron chi connectivity index (χ1n) is 4.09. The summed E-state index contributed by atoms with van der Waals surface area (Å²) in [6.45, 7) is 0. The van der Waals surface area contributed by atoms with Gasteiger partial charge in [-0.3, -0.25) is 0 Å². The maximum Gasteiger partial charge on any atom is 0.159 e. The summed E-state index contributed by atoms with van der Waals surface area (Å²) in [5, 5.41) is 0. The molecule has 0 heterocycles. The van der Waals surface area contributed by atoms with Crippen molar-refractivity contribution in [3.8, 4) is 0 Å². The van der Waals surface area contributed by atoms with Crippen LogP contribution in [0.1, 0.15) is 19.3 Å². The molecule has 1 aliphatic carbocycles. The van der Waals surface area contributed by atoms with Crippen molar-refractivity contribution in [2.75, 3.05) is 14.2 Å². The standard InChI is InChI=1S/C9H16O2/c1-10-9(11-2)8-6-4-3-5-7-8/h3-4,8-9H,5-7H2,1-2H3/t8-/m0/s1. The second-order valence-electron chi connectivity index (χ2n) is 2.88. The number of hydrogen-bond acceptors (Lipinski definition) is 2. The summed E-state index contributed by atoms with van der Waals surface area (Å²) in [7, 11) is 3.40. The summed E-state index contributed by atoms with van der Waals surface area (Å²) in [6, 6.07) is 0. The molecule has 0 aromatic rings. The molecule has 2 nitrogen and oxygen atoms in total. The van der Waals surface area contributed by atoms with Gasteiger partial charge in [0.05, 0.1) is 0 Å². The zero-order chi connectivity index (χ0) is 8.10. The van der Waals surface area contributed by atoms with E-state index >= 15 is 0 Å². The third-order valence-electron chi connectivity index (χ3n) is 2.16. The molecular weight excluding hydrogens is 140 g/mol. The molecule has 0 N–H and O–H groups in total. The molecule has 0 unspecified atom stereocenters. The molecule has 11 heavy (non-hydrogen) atoms. The molecule has 0 aromatic carbocycles. The van der Waals surface area contributed by atoms with Crippen LogP contribution in [0, 0.1) is 5.92 Å². The van der Waals surface area contributed by atoms with Gasteiger partial charge in [0.2, 0.25) is 0 Å². The van der Waals surface area contributed by atoms with Crippen molar-refractivity contribution in [2.24, 2.45) is 5.92 Å². The first-order valence-corrected chi connectivity index (χ1v) is 4.09. The van der Waals surface area contributed by atoms with Gasteiger partial charge >= 0.3 is 0 Å². The van der Waals surface area contributed by atoms with Crippen LogP contribution in [0.2, 0.25) is 0 Å². The highest BCUT2D eigenvalue weighted by Gasteiger charge is 2.20. The van der Waals surface area contributed by atoms with Gasteiger partial charge < -0.3 is 9.47 Å². The van der Waals surface area contributed by atoms with Gasteiger partial charge in [0.1, 0.15) is 0 Å². The molecule has 0 amide bonds. The maximum atomic E-state index is 5.18. The Balaban J connectivity index is 2.38. The lowest BCUT2D eigenvalue weighted by molar-refractivity contribution is -0.138. The topological polar surface area (TPSA) is 18.5 Å². The van der Waals surface area contributed by atoms with Crippen molar-refractivity contribution in [1.82, 2.24) is 0 Å². The average Bonchev–Trinajstić information content (AvgIpc) is 2.09. The van der Waals surface area contributed by atoms with Crippen molar-refractivity contribution >= 4 is 0 Å². The van der Waals surface area contributed by atoms with Crippen LogP contribution in [0.15, 0.2) is 12.2 Å². The summed E-state index contributed by atoms with van der Waals surface area (Å²) in [5.74, 6) is 0.551. The molecule has 64 valence electrons. The van der Waals surface area contributed by atoms with Crippen molar-refractivity contribution in [2.45, 2.75) is 25.6 Å². The predicted octanol–water partition coefficient (Wildman–Crippen LogP) is 1.96. The molecule has 0 spiro atoms. The lowest BCUT2D eigenvalue weighted by atomic mass is 9.94. The highest BCUT2D eigenvalue weighted by molar-refractivity contribution is 4.90. The SMILES string of the molecule is COC(OC)[C@H]1CC=CCC1. The van der Waals surface area contributed by atoms with E-state index in [1.54, 1.807) is 14.2 Å². The van der Waals surface area contributed by atoms with Gasteiger partial charge in [-0.05, 0) is 19.3 Å². The monoisotopic (exact) mass is 156 g/mol. The summed E-state index contributed by atoms with van der Waals surface area (Å²) in [6.07, 6.45) is 7.85. The normalized spacial score (nSPS) is 24.5. The molecule has 0 saturated carbocycles. The van der Waals surface area contributed by atoms with E-state index in [0.29, 0.717) is 5.92 Å². The minimum absolute atomic E-state index is 0.0139. The van der Waals surface area contributed by atoms with Gasteiger partial charge in [-0.2, -0.15) is 0 Å². The van der Waals surface area contributed by atoms with E-state index in [0.717, 1.165) is 12.8 Å². The summed E-state index contributed by atoms with van der Waals surface area (Å²) in [5.41, 5.74) is 0. The molecule has 1 atom stereocenters. The van der Waals surface area contributed by atoms with Crippen LogP contribution >= 0.6 is 0 Å². The van der Waals surface area contributed by atoms with E-state index in [4.69, 9.17) is 9.47 Å². The van der Waals surface area contributed by atoms with Gasteiger partial charge in [0, 0.05) is 20.1 Å². The Hall–Kier alpha value is -0.340. The lowest BCUT2D eigenvalue weighted by Crippen LogP contribution is -2.25. The van der Waals surface area contributed by atoms with Crippen LogP contribution in [-0.4, -0.2) is 20.5 Å². The molecule has 2 heteroatoms. The summed E-state index contributed by atoms with van der Waals surface area (Å²) >= 11 is 0. The van der Waals surface area contributed by atoms with Crippen molar-refractivity contribution < 1.29 is 9.47 Å². The van der Waals surface area contributed by atoms with Gasteiger partial charge in [-0.25, -0.2) is 0 Å². The molecule has 0 aliphatic heterocycles. The van der Waals surface area contributed by atoms with Crippen LogP contribution < -0.4 is 0 Å². The third-order valence-corrected chi connectivity index (χ3v) is 2.16. The Labute approximate surface area is 68.2 Å². The number of hydrogen-bond donors (Lipinski definition) is 0. The Kier molecular flexibility index (Phi) is 3.60. The Morgan fingerprint density at radius 1 is 1.27 bits per heavy atom. The van der Waals surface area contributed by atoms with Gasteiger partial charge in [-0.15, -0.1) is 0 Å². The molecule has 0 bridgehead atoms. The van der Waals surface area contributed by atoms with E-state index in [1.807, 2.05) is 0 Å². The predicted molar refractivity (Wildman–Crippen MR) is 44.3 cm³/mol. The fourth-order valence-corrected chi connectivity index (χ4v) is 1.55. The average molecular weight is 156 g/mol. The maximum absolute atomic E-state index is 5.18. The molecule has 0 fully saturated rings. The van der Waals surface area contributed by atoms with Gasteiger partial charge in [0.15, 0.2) is 6.29 Å². The van der Waals surface area contributed by atoms with Crippen LogP contribution in [0.5, 0.6) is 0 Å². The van der Waals surface area contributed by atoms with E-state index in [-0.39, 0.29) is 6.29 Å². The second-order valence-corrected chi connectivity index (χ2v) is 2.88. The largest absolute Gasteiger partial charge is 0.356 e. The van der Waals surface area contributed by atoms with Gasteiger partial charge in [0.25, 0.3) is 0 Å². The van der Waals surface area contributed by atoms with Crippen molar-refractivity contribution in [3.63, 3.8) is 0 Å². The van der Waals surface area contributed by atoms with Crippen LogP contribution in [0.4, 0.5) is 0 Å². The van der Waals surface area contributed by atoms with E-state index < -0.39 is 0 Å². The second kappa shape index (κ2) is 4.52. The molecule has 0 radical (unpaired) electrons. The van der Waals surface area contributed by atoms with Crippen LogP contribution in [0.3, 0.4) is 0 Å². The number of rotatable bonds is 3. The quantitative estimate of drug-likeness (QED) is 0.459. The first kappa shape index (κ1) is 8.75. The van der Waals surface area contributed by atoms with Crippen LogP contribution in [0.25, 0.3) is 0 Å². The fraction of sp³-hybridized carbons (Fsp3) is 0.778. The lowest BCUT2D eigenvalue weighted by Gasteiger charge is -2.25. The van der Waals surface area contributed by atoms with Crippen molar-refractivity contribution in [1.29, 1.82) is 0 Å². The molecule has 0 saturated heterocycles. The smallest absolute Gasteiger partial charge is 0.159 e. The molecule has 1 aliphatic rings. The number of methoxy groups -OCH3 is 2. The number of ether oxygens (including phenoxy) is 2. The van der Waals surface area contributed by atoms with E-state index in [2.05, 4.69) is 12.2 Å². The third kappa shape index (κ3) is 2.31. The minimum Gasteiger partial charge on any atom is -0.356 e. The minimum atomic E-state index is -0.0139. The summed E-state index contributed by atoms with van der Waals surface area (Å²) in [4.78, 5) is 0. The zero-order valence-electron chi connectivity index (χ0n) is 7.25. The molecule has 0 aromatic heterocycles. The highest BCUT2D eigenvalue weighted by atomic mass is 16.7. The fourth-order valence-electron chi connectivity index (χ4n) is 1.55. The Morgan fingerprint density at radius 3 is 2.45 bits per heavy atom. The highest BCUT2D eigenvalue weighted by Crippen LogP contribution is 2.23. The van der Waals surface area contributed by atoms with Gasteiger partial charge in [-0.1, -0.05) is 12.2 Å². The zero-order valence-corrected chi connectivity index (χ0v) is 7.25. The van der Waals surface area contributed by atoms with Crippen LogP contribution in [-0.2, 0) is 9.47 Å². The van der Waals surface area contributed by atoms with E-state index in [9.17, 15) is 0 Å².